The van der Waals surface area contributed by atoms with Crippen LogP contribution < -0.4 is 5.32 Å². The minimum atomic E-state index is -4.37. The molecule has 170 valence electrons. The van der Waals surface area contributed by atoms with Gasteiger partial charge in [-0.3, -0.25) is 9.48 Å². The Kier molecular flexibility index (Phi) is 8.12. The SMILES string of the molecule is C[C@H](CCn1cccn1)N1CCC(CCC(=O)NCc2cccc(C(F)(F)F)c2)CC1. The van der Waals surface area contributed by atoms with E-state index in [0.717, 1.165) is 57.5 Å². The van der Waals surface area contributed by atoms with Crippen molar-refractivity contribution in [2.75, 3.05) is 13.1 Å². The molecule has 31 heavy (non-hydrogen) atoms. The van der Waals surface area contributed by atoms with Gasteiger partial charge < -0.3 is 10.2 Å². The minimum Gasteiger partial charge on any atom is -0.352 e. The molecule has 8 heteroatoms. The van der Waals surface area contributed by atoms with Crippen LogP contribution in [-0.4, -0.2) is 39.7 Å². The van der Waals surface area contributed by atoms with E-state index in [1.807, 2.05) is 16.9 Å². The predicted molar refractivity (Wildman–Crippen MR) is 113 cm³/mol. The van der Waals surface area contributed by atoms with E-state index in [0.29, 0.717) is 23.9 Å². The van der Waals surface area contributed by atoms with Crippen LogP contribution in [0, 0.1) is 5.92 Å². The molecular weight excluding hydrogens is 405 g/mol. The van der Waals surface area contributed by atoms with Crippen molar-refractivity contribution in [1.82, 2.24) is 20.0 Å². The normalized spacial score (nSPS) is 16.9. The Bertz CT molecular complexity index is 814. The Balaban J connectivity index is 1.32. The molecule has 1 aliphatic rings. The Hall–Kier alpha value is -2.35. The summed E-state index contributed by atoms with van der Waals surface area (Å²) in [6, 6.07) is 7.53. The lowest BCUT2D eigenvalue weighted by Crippen LogP contribution is -2.40. The van der Waals surface area contributed by atoms with Gasteiger partial charge in [-0.2, -0.15) is 18.3 Å². The van der Waals surface area contributed by atoms with Gasteiger partial charge in [-0.25, -0.2) is 0 Å². The van der Waals surface area contributed by atoms with E-state index in [9.17, 15) is 18.0 Å². The highest BCUT2D eigenvalue weighted by Gasteiger charge is 2.30. The molecule has 1 aliphatic heterocycles. The average Bonchev–Trinajstić information content (AvgIpc) is 3.28. The van der Waals surface area contributed by atoms with E-state index in [2.05, 4.69) is 22.2 Å². The molecule has 0 aliphatic carbocycles. The fourth-order valence-electron chi connectivity index (χ4n) is 4.10. The van der Waals surface area contributed by atoms with Crippen LogP contribution in [0.25, 0.3) is 0 Å². The van der Waals surface area contributed by atoms with Crippen LogP contribution in [0.1, 0.15) is 50.2 Å². The lowest BCUT2D eigenvalue weighted by Gasteiger charge is -2.36. The molecule has 2 aromatic rings. The summed E-state index contributed by atoms with van der Waals surface area (Å²) in [5, 5.41) is 7.00. The zero-order chi connectivity index (χ0) is 22.3. The number of carbonyl (C=O) groups excluding carboxylic acids is 1. The van der Waals surface area contributed by atoms with Crippen molar-refractivity contribution in [2.45, 2.75) is 64.3 Å². The highest BCUT2D eigenvalue weighted by Crippen LogP contribution is 2.29. The molecule has 1 saturated heterocycles. The van der Waals surface area contributed by atoms with Gasteiger partial charge in [-0.05, 0) is 75.4 Å². The first-order valence-electron chi connectivity index (χ1n) is 11.0. The molecule has 1 aromatic heterocycles. The zero-order valence-corrected chi connectivity index (χ0v) is 17.9. The van der Waals surface area contributed by atoms with Gasteiger partial charge in [-0.1, -0.05) is 12.1 Å². The number of aryl methyl sites for hydroxylation is 1. The zero-order valence-electron chi connectivity index (χ0n) is 17.9. The van der Waals surface area contributed by atoms with Gasteiger partial charge in [0.1, 0.15) is 0 Å². The van der Waals surface area contributed by atoms with E-state index in [-0.39, 0.29) is 12.5 Å². The maximum Gasteiger partial charge on any atom is 0.416 e. The van der Waals surface area contributed by atoms with Gasteiger partial charge in [0.25, 0.3) is 0 Å². The standard InChI is InChI=1S/C23H31F3N4O/c1-18(8-15-30-12-3-11-28-30)29-13-9-19(10-14-29)6-7-22(31)27-17-20-4-2-5-21(16-20)23(24,25)26/h2-5,11-12,16,18-19H,6-10,13-15,17H2,1H3,(H,27,31)/t18-/m1/s1. The molecule has 0 spiro atoms. The second kappa shape index (κ2) is 10.8. The highest BCUT2D eigenvalue weighted by atomic mass is 19.4. The van der Waals surface area contributed by atoms with E-state index >= 15 is 0 Å². The topological polar surface area (TPSA) is 50.2 Å². The molecule has 1 atom stereocenters. The number of nitrogens with one attached hydrogen (secondary N) is 1. The van der Waals surface area contributed by atoms with Crippen molar-refractivity contribution in [3.8, 4) is 0 Å². The first-order valence-corrected chi connectivity index (χ1v) is 11.0. The molecule has 1 fully saturated rings. The Morgan fingerprint density at radius 3 is 2.71 bits per heavy atom. The van der Waals surface area contributed by atoms with Crippen molar-refractivity contribution < 1.29 is 18.0 Å². The summed E-state index contributed by atoms with van der Waals surface area (Å²) in [6.07, 6.45) is 3.86. The number of aromatic nitrogens is 2. The molecule has 0 unspecified atom stereocenters. The summed E-state index contributed by atoms with van der Waals surface area (Å²) in [5.41, 5.74) is -0.231. The number of benzene rings is 1. The third kappa shape index (κ3) is 7.38. The summed E-state index contributed by atoms with van der Waals surface area (Å²) in [4.78, 5) is 14.7. The van der Waals surface area contributed by atoms with Gasteiger partial charge in [0, 0.05) is 37.9 Å². The molecule has 5 nitrogen and oxygen atoms in total. The summed E-state index contributed by atoms with van der Waals surface area (Å²) in [6.45, 7) is 5.37. The Morgan fingerprint density at radius 1 is 1.26 bits per heavy atom. The van der Waals surface area contributed by atoms with Crippen molar-refractivity contribution in [1.29, 1.82) is 0 Å². The number of halogens is 3. The van der Waals surface area contributed by atoms with Gasteiger partial charge in [-0.15, -0.1) is 0 Å². The number of rotatable bonds is 9. The van der Waals surface area contributed by atoms with Gasteiger partial charge in [0.2, 0.25) is 5.91 Å². The third-order valence-corrected chi connectivity index (χ3v) is 6.13. The quantitative estimate of drug-likeness (QED) is 0.630. The molecule has 0 bridgehead atoms. The first kappa shape index (κ1) is 23.3. The smallest absolute Gasteiger partial charge is 0.352 e. The number of amides is 1. The minimum absolute atomic E-state index is 0.104. The summed E-state index contributed by atoms with van der Waals surface area (Å²) in [7, 11) is 0. The van der Waals surface area contributed by atoms with Crippen LogP contribution >= 0.6 is 0 Å². The van der Waals surface area contributed by atoms with Gasteiger partial charge in [0.15, 0.2) is 0 Å². The van der Waals surface area contributed by atoms with Crippen molar-refractivity contribution in [3.63, 3.8) is 0 Å². The van der Waals surface area contributed by atoms with Gasteiger partial charge >= 0.3 is 6.18 Å². The van der Waals surface area contributed by atoms with E-state index in [1.165, 1.54) is 6.07 Å². The van der Waals surface area contributed by atoms with Crippen LogP contribution in [0.2, 0.25) is 0 Å². The van der Waals surface area contributed by atoms with E-state index in [1.54, 1.807) is 12.3 Å². The van der Waals surface area contributed by atoms with E-state index < -0.39 is 11.7 Å². The largest absolute Gasteiger partial charge is 0.416 e. The Morgan fingerprint density at radius 2 is 2.03 bits per heavy atom. The summed E-state index contributed by atoms with van der Waals surface area (Å²) < 4.78 is 40.3. The van der Waals surface area contributed by atoms with Crippen LogP contribution in [0.4, 0.5) is 13.2 Å². The molecule has 0 radical (unpaired) electrons. The monoisotopic (exact) mass is 436 g/mol. The maximum absolute atomic E-state index is 12.8. The molecule has 1 aromatic carbocycles. The number of likely N-dealkylation sites (tertiary alicyclic amines) is 1. The van der Waals surface area contributed by atoms with Crippen LogP contribution in [0.3, 0.4) is 0 Å². The third-order valence-electron chi connectivity index (χ3n) is 6.13. The predicted octanol–water partition coefficient (Wildman–Crippen LogP) is 4.49. The average molecular weight is 437 g/mol. The molecule has 3 rings (SSSR count). The molecule has 1 amide bonds. The first-order chi connectivity index (χ1) is 14.8. The Labute approximate surface area is 181 Å². The fraction of sp³-hybridized carbons (Fsp3) is 0.565. The van der Waals surface area contributed by atoms with E-state index in [4.69, 9.17) is 0 Å². The highest BCUT2D eigenvalue weighted by molar-refractivity contribution is 5.75. The van der Waals surface area contributed by atoms with Gasteiger partial charge in [0.05, 0.1) is 5.56 Å². The molecular formula is C23H31F3N4O. The number of hydrogen-bond acceptors (Lipinski definition) is 3. The number of piperidine rings is 1. The van der Waals surface area contributed by atoms with Crippen LogP contribution in [0.5, 0.6) is 0 Å². The number of alkyl halides is 3. The number of nitrogens with zero attached hydrogens (tertiary/aromatic N) is 3. The maximum atomic E-state index is 12.8. The summed E-state index contributed by atoms with van der Waals surface area (Å²) >= 11 is 0. The lowest BCUT2D eigenvalue weighted by atomic mass is 9.91. The summed E-state index contributed by atoms with van der Waals surface area (Å²) in [5.74, 6) is 0.418. The van der Waals surface area contributed by atoms with Crippen LogP contribution in [0.15, 0.2) is 42.7 Å². The van der Waals surface area contributed by atoms with Crippen molar-refractivity contribution in [3.05, 3.63) is 53.9 Å². The van der Waals surface area contributed by atoms with Crippen molar-refractivity contribution in [2.24, 2.45) is 5.92 Å². The molecule has 0 saturated carbocycles. The molecule has 1 N–H and O–H groups in total. The second-order valence-corrected chi connectivity index (χ2v) is 8.40. The number of carbonyl (C=O) groups is 1. The second-order valence-electron chi connectivity index (χ2n) is 8.40. The van der Waals surface area contributed by atoms with Crippen molar-refractivity contribution >= 4 is 5.91 Å². The fourth-order valence-corrected chi connectivity index (χ4v) is 4.10. The molecule has 2 heterocycles. The number of hydrogen-bond donors (Lipinski definition) is 1. The van der Waals surface area contributed by atoms with Crippen LogP contribution in [-0.2, 0) is 24.1 Å². The lowest BCUT2D eigenvalue weighted by molar-refractivity contribution is -0.137.